The number of hydrogen-bond donors (Lipinski definition) is 2. The van der Waals surface area contributed by atoms with Crippen molar-refractivity contribution in [3.05, 3.63) is 70.8 Å². The summed E-state index contributed by atoms with van der Waals surface area (Å²) in [5.41, 5.74) is 4.98. The summed E-state index contributed by atoms with van der Waals surface area (Å²) in [4.78, 5) is 21.1. The maximum atomic E-state index is 11.8. The first-order valence-corrected chi connectivity index (χ1v) is 12.4. The monoisotopic (exact) mass is 447 g/mol. The molecular weight excluding hydrogens is 410 g/mol. The van der Waals surface area contributed by atoms with Crippen molar-refractivity contribution in [2.45, 2.75) is 58.8 Å². The number of nitrogens with zero attached hydrogens (tertiary/aromatic N) is 3. The van der Waals surface area contributed by atoms with E-state index in [0.29, 0.717) is 26.1 Å². The highest BCUT2D eigenvalue weighted by molar-refractivity contribution is 5.79. The zero-order chi connectivity index (χ0) is 22.9. The van der Waals surface area contributed by atoms with Crippen LogP contribution in [0, 0.1) is 0 Å². The molecule has 4 rings (SSSR count). The first-order valence-electron chi connectivity index (χ1n) is 12.4. The molecular formula is C27H37N5O. The summed E-state index contributed by atoms with van der Waals surface area (Å²) in [7, 11) is 0. The second-order valence-corrected chi connectivity index (χ2v) is 9.08. The largest absolute Gasteiger partial charge is 0.357 e. The second kappa shape index (κ2) is 11.8. The van der Waals surface area contributed by atoms with Crippen molar-refractivity contribution < 1.29 is 4.79 Å². The minimum absolute atomic E-state index is 0.272. The molecule has 2 aliphatic rings. The molecule has 2 saturated heterocycles. The summed E-state index contributed by atoms with van der Waals surface area (Å²) < 4.78 is 0. The van der Waals surface area contributed by atoms with E-state index in [1.807, 2.05) is 4.90 Å². The van der Waals surface area contributed by atoms with Crippen LogP contribution in [0.3, 0.4) is 0 Å². The number of benzene rings is 2. The SMILES string of the molecule is CCNC(=NCc1ccc(CN2CCCC2)cc1)NCc1ccc(CN2CCCC2=O)cc1. The van der Waals surface area contributed by atoms with Crippen molar-refractivity contribution in [2.75, 3.05) is 26.2 Å². The standard InChI is InChI=1S/C27H37N5O/c1-2-28-27(29-18-22-7-11-24(12-8-22)20-31-15-3-4-16-31)30-19-23-9-13-25(14-10-23)21-32-17-5-6-26(32)33/h7-14H,2-6,15-21H2,1H3,(H2,28,29,30). The van der Waals surface area contributed by atoms with Crippen molar-refractivity contribution >= 4 is 11.9 Å². The summed E-state index contributed by atoms with van der Waals surface area (Å²) in [5.74, 6) is 1.10. The molecule has 2 aliphatic heterocycles. The molecule has 0 unspecified atom stereocenters. The number of likely N-dealkylation sites (tertiary alicyclic amines) is 2. The van der Waals surface area contributed by atoms with E-state index in [-0.39, 0.29) is 5.91 Å². The van der Waals surface area contributed by atoms with Crippen molar-refractivity contribution in [1.82, 2.24) is 20.4 Å². The lowest BCUT2D eigenvalue weighted by atomic mass is 10.1. The van der Waals surface area contributed by atoms with Gasteiger partial charge < -0.3 is 15.5 Å². The highest BCUT2D eigenvalue weighted by atomic mass is 16.2. The molecule has 33 heavy (non-hydrogen) atoms. The van der Waals surface area contributed by atoms with E-state index >= 15 is 0 Å². The topological polar surface area (TPSA) is 60.0 Å². The summed E-state index contributed by atoms with van der Waals surface area (Å²) >= 11 is 0. The van der Waals surface area contributed by atoms with E-state index in [9.17, 15) is 4.79 Å². The van der Waals surface area contributed by atoms with Crippen LogP contribution in [0.5, 0.6) is 0 Å². The van der Waals surface area contributed by atoms with Gasteiger partial charge >= 0.3 is 0 Å². The van der Waals surface area contributed by atoms with Crippen LogP contribution in [-0.4, -0.2) is 47.8 Å². The zero-order valence-electron chi connectivity index (χ0n) is 19.9. The molecule has 176 valence electrons. The highest BCUT2D eigenvalue weighted by Crippen LogP contribution is 2.15. The molecule has 2 aromatic rings. The van der Waals surface area contributed by atoms with Gasteiger partial charge in [-0.05, 0) is 61.5 Å². The van der Waals surface area contributed by atoms with Crippen LogP contribution in [0.25, 0.3) is 0 Å². The van der Waals surface area contributed by atoms with Crippen LogP contribution in [0.4, 0.5) is 0 Å². The number of rotatable bonds is 9. The van der Waals surface area contributed by atoms with Crippen molar-refractivity contribution in [3.8, 4) is 0 Å². The molecule has 6 nitrogen and oxygen atoms in total. The first-order chi connectivity index (χ1) is 16.2. The van der Waals surface area contributed by atoms with Crippen LogP contribution in [0.2, 0.25) is 0 Å². The molecule has 0 atom stereocenters. The number of hydrogen-bond acceptors (Lipinski definition) is 3. The van der Waals surface area contributed by atoms with Gasteiger partial charge in [0, 0.05) is 39.1 Å². The molecule has 0 aromatic heterocycles. The van der Waals surface area contributed by atoms with Crippen molar-refractivity contribution in [2.24, 2.45) is 4.99 Å². The molecule has 6 heteroatoms. The summed E-state index contributed by atoms with van der Waals surface area (Å²) in [6, 6.07) is 17.4. The van der Waals surface area contributed by atoms with Crippen molar-refractivity contribution in [1.29, 1.82) is 0 Å². The third kappa shape index (κ3) is 7.06. The van der Waals surface area contributed by atoms with E-state index in [2.05, 4.69) is 71.0 Å². The maximum absolute atomic E-state index is 11.8. The van der Waals surface area contributed by atoms with Gasteiger partial charge in [-0.3, -0.25) is 9.69 Å². The molecule has 2 aromatic carbocycles. The van der Waals surface area contributed by atoms with Crippen LogP contribution in [0.15, 0.2) is 53.5 Å². The lowest BCUT2D eigenvalue weighted by Gasteiger charge is -2.16. The van der Waals surface area contributed by atoms with Gasteiger partial charge in [-0.2, -0.15) is 0 Å². The zero-order valence-corrected chi connectivity index (χ0v) is 19.9. The van der Waals surface area contributed by atoms with E-state index in [4.69, 9.17) is 4.99 Å². The summed E-state index contributed by atoms with van der Waals surface area (Å²) in [6.45, 7) is 9.38. The van der Waals surface area contributed by atoms with Gasteiger partial charge in [-0.25, -0.2) is 4.99 Å². The van der Waals surface area contributed by atoms with Gasteiger partial charge in [0.1, 0.15) is 0 Å². The Hall–Kier alpha value is -2.86. The summed E-state index contributed by atoms with van der Waals surface area (Å²) in [5, 5.41) is 6.77. The van der Waals surface area contributed by atoms with E-state index in [0.717, 1.165) is 32.0 Å². The van der Waals surface area contributed by atoms with Gasteiger partial charge in [-0.1, -0.05) is 48.5 Å². The van der Waals surface area contributed by atoms with Crippen LogP contribution in [-0.2, 0) is 31.0 Å². The average Bonchev–Trinajstić information content (AvgIpc) is 3.49. The van der Waals surface area contributed by atoms with Crippen molar-refractivity contribution in [3.63, 3.8) is 0 Å². The van der Waals surface area contributed by atoms with Crippen LogP contribution < -0.4 is 10.6 Å². The third-order valence-corrected chi connectivity index (χ3v) is 6.42. The molecule has 0 saturated carbocycles. The third-order valence-electron chi connectivity index (χ3n) is 6.42. The Labute approximate surface area is 198 Å². The number of carbonyl (C=O) groups is 1. The lowest BCUT2D eigenvalue weighted by Crippen LogP contribution is -2.36. The minimum atomic E-state index is 0.272. The Morgan fingerprint density at radius 1 is 0.818 bits per heavy atom. The fourth-order valence-electron chi connectivity index (χ4n) is 4.50. The van der Waals surface area contributed by atoms with E-state index < -0.39 is 0 Å². The van der Waals surface area contributed by atoms with Crippen LogP contribution >= 0.6 is 0 Å². The number of nitrogens with one attached hydrogen (secondary N) is 2. The van der Waals surface area contributed by atoms with Crippen LogP contribution in [0.1, 0.15) is 54.9 Å². The molecule has 0 bridgehead atoms. The number of aliphatic imine (C=N–C) groups is 1. The number of amides is 1. The average molecular weight is 448 g/mol. The number of guanidine groups is 1. The molecule has 2 N–H and O–H groups in total. The molecule has 1 amide bonds. The molecule has 0 spiro atoms. The van der Waals surface area contributed by atoms with Gasteiger partial charge in [0.15, 0.2) is 5.96 Å². The Bertz CT molecular complexity index is 917. The van der Waals surface area contributed by atoms with E-state index in [1.54, 1.807) is 0 Å². The predicted octanol–water partition coefficient (Wildman–Crippen LogP) is 3.66. The first kappa shape index (κ1) is 23.3. The van der Waals surface area contributed by atoms with Gasteiger partial charge in [0.05, 0.1) is 6.54 Å². The molecule has 0 radical (unpaired) electrons. The quantitative estimate of drug-likeness (QED) is 0.455. The van der Waals surface area contributed by atoms with Gasteiger partial charge in [0.2, 0.25) is 5.91 Å². The Morgan fingerprint density at radius 3 is 2.09 bits per heavy atom. The van der Waals surface area contributed by atoms with Gasteiger partial charge in [0.25, 0.3) is 0 Å². The Kier molecular flexibility index (Phi) is 8.36. The molecule has 2 heterocycles. The normalized spacial score (nSPS) is 17.1. The van der Waals surface area contributed by atoms with Gasteiger partial charge in [-0.15, -0.1) is 0 Å². The fraction of sp³-hybridized carbons (Fsp3) is 0.481. The number of carbonyl (C=O) groups excluding carboxylic acids is 1. The maximum Gasteiger partial charge on any atom is 0.222 e. The second-order valence-electron chi connectivity index (χ2n) is 9.08. The predicted molar refractivity (Wildman–Crippen MR) is 134 cm³/mol. The smallest absolute Gasteiger partial charge is 0.222 e. The fourth-order valence-corrected chi connectivity index (χ4v) is 4.50. The minimum Gasteiger partial charge on any atom is -0.357 e. The lowest BCUT2D eigenvalue weighted by molar-refractivity contribution is -0.128. The van der Waals surface area contributed by atoms with E-state index in [1.165, 1.54) is 48.2 Å². The Morgan fingerprint density at radius 2 is 1.45 bits per heavy atom. The Balaban J connectivity index is 1.26. The highest BCUT2D eigenvalue weighted by Gasteiger charge is 2.19. The summed E-state index contributed by atoms with van der Waals surface area (Å²) in [6.07, 6.45) is 4.33. The molecule has 0 aliphatic carbocycles. The molecule has 2 fully saturated rings.